The number of aliphatic carboxylic acids is 1. The summed E-state index contributed by atoms with van der Waals surface area (Å²) in [5, 5.41) is 11.6. The Hall–Kier alpha value is -2.54. The van der Waals surface area contributed by atoms with Crippen molar-refractivity contribution < 1.29 is 19.4 Å². The van der Waals surface area contributed by atoms with E-state index in [-0.39, 0.29) is 18.7 Å². The standard InChI is InChI=1S/C15H17N3O4/c1-15(9-22-2,7-13(19)20)18-14(21)12-8-16-10-5-3-4-6-11(10)17-12/h3-6,8H,7,9H2,1-2H3,(H,18,21)(H,19,20). The van der Waals surface area contributed by atoms with Crippen LogP contribution < -0.4 is 5.32 Å². The summed E-state index contributed by atoms with van der Waals surface area (Å²) in [7, 11) is 1.45. The van der Waals surface area contributed by atoms with Crippen LogP contribution in [0.2, 0.25) is 0 Å². The van der Waals surface area contributed by atoms with Crippen molar-refractivity contribution in [2.24, 2.45) is 0 Å². The van der Waals surface area contributed by atoms with Gasteiger partial charge in [0.25, 0.3) is 5.91 Å². The van der Waals surface area contributed by atoms with Crippen molar-refractivity contribution in [2.75, 3.05) is 13.7 Å². The molecule has 0 saturated carbocycles. The zero-order chi connectivity index (χ0) is 16.2. The maximum atomic E-state index is 12.3. The Bertz CT molecular complexity index is 704. The lowest BCUT2D eigenvalue weighted by molar-refractivity contribution is -0.139. The van der Waals surface area contributed by atoms with E-state index in [9.17, 15) is 9.59 Å². The monoisotopic (exact) mass is 303 g/mol. The summed E-state index contributed by atoms with van der Waals surface area (Å²) in [6.45, 7) is 1.68. The molecule has 1 unspecified atom stereocenters. The lowest BCUT2D eigenvalue weighted by Gasteiger charge is -2.28. The van der Waals surface area contributed by atoms with Crippen molar-refractivity contribution in [3.8, 4) is 0 Å². The molecule has 1 heterocycles. The van der Waals surface area contributed by atoms with Crippen LogP contribution in [0, 0.1) is 0 Å². The number of amides is 1. The highest BCUT2D eigenvalue weighted by molar-refractivity contribution is 5.94. The van der Waals surface area contributed by atoms with Crippen LogP contribution in [-0.4, -0.2) is 46.2 Å². The number of nitrogens with zero attached hydrogens (tertiary/aromatic N) is 2. The van der Waals surface area contributed by atoms with Gasteiger partial charge in [0.15, 0.2) is 0 Å². The summed E-state index contributed by atoms with van der Waals surface area (Å²) in [5.41, 5.74) is 0.392. The SMILES string of the molecule is COCC(C)(CC(=O)O)NC(=O)c1cnc2ccccc2n1. The highest BCUT2D eigenvalue weighted by atomic mass is 16.5. The Morgan fingerprint density at radius 2 is 2.00 bits per heavy atom. The summed E-state index contributed by atoms with van der Waals surface area (Å²) in [6, 6.07) is 7.19. The molecule has 1 aromatic heterocycles. The summed E-state index contributed by atoms with van der Waals surface area (Å²) in [6.07, 6.45) is 1.11. The number of para-hydroxylation sites is 2. The van der Waals surface area contributed by atoms with Gasteiger partial charge >= 0.3 is 5.97 Å². The van der Waals surface area contributed by atoms with Crippen LogP contribution in [0.5, 0.6) is 0 Å². The van der Waals surface area contributed by atoms with Crippen LogP contribution >= 0.6 is 0 Å². The molecule has 1 atom stereocenters. The minimum Gasteiger partial charge on any atom is -0.481 e. The normalized spacial score (nSPS) is 13.5. The second-order valence-electron chi connectivity index (χ2n) is 5.26. The van der Waals surface area contributed by atoms with E-state index in [0.29, 0.717) is 11.0 Å². The van der Waals surface area contributed by atoms with Crippen LogP contribution in [0.25, 0.3) is 11.0 Å². The molecule has 116 valence electrons. The van der Waals surface area contributed by atoms with Crippen LogP contribution in [0.4, 0.5) is 0 Å². The highest BCUT2D eigenvalue weighted by Crippen LogP contribution is 2.13. The number of carbonyl (C=O) groups excluding carboxylic acids is 1. The number of carbonyl (C=O) groups is 2. The second-order valence-corrected chi connectivity index (χ2v) is 5.26. The Labute approximate surface area is 127 Å². The number of hydrogen-bond donors (Lipinski definition) is 2. The Kier molecular flexibility index (Phi) is 4.67. The van der Waals surface area contributed by atoms with Crippen LogP contribution in [0.1, 0.15) is 23.8 Å². The minimum absolute atomic E-state index is 0.0754. The third-order valence-electron chi connectivity index (χ3n) is 3.10. The first kappa shape index (κ1) is 15.8. The number of ether oxygens (including phenoxy) is 1. The molecule has 2 aromatic rings. The first-order valence-electron chi connectivity index (χ1n) is 6.68. The van der Waals surface area contributed by atoms with Gasteiger partial charge in [-0.25, -0.2) is 4.98 Å². The van der Waals surface area contributed by atoms with Gasteiger partial charge in [-0.2, -0.15) is 0 Å². The van der Waals surface area contributed by atoms with Gasteiger partial charge in [-0.3, -0.25) is 14.6 Å². The van der Waals surface area contributed by atoms with E-state index in [1.165, 1.54) is 13.3 Å². The first-order valence-corrected chi connectivity index (χ1v) is 6.68. The predicted octanol–water partition coefficient (Wildman–Crippen LogP) is 1.24. The summed E-state index contributed by atoms with van der Waals surface area (Å²) in [5.74, 6) is -1.51. The molecule has 0 aliphatic heterocycles. The third kappa shape index (κ3) is 3.76. The quantitative estimate of drug-likeness (QED) is 0.832. The minimum atomic E-state index is -1.02. The number of rotatable bonds is 6. The Morgan fingerprint density at radius 3 is 2.64 bits per heavy atom. The molecule has 0 aliphatic rings. The fraction of sp³-hybridized carbons (Fsp3) is 0.333. The molecule has 0 radical (unpaired) electrons. The van der Waals surface area contributed by atoms with E-state index < -0.39 is 17.4 Å². The van der Waals surface area contributed by atoms with Gasteiger partial charge in [0.1, 0.15) is 5.69 Å². The van der Waals surface area contributed by atoms with Crippen molar-refractivity contribution in [3.05, 3.63) is 36.2 Å². The van der Waals surface area contributed by atoms with Gasteiger partial charge < -0.3 is 15.2 Å². The molecule has 0 aliphatic carbocycles. The van der Waals surface area contributed by atoms with E-state index in [2.05, 4.69) is 15.3 Å². The molecular formula is C15H17N3O4. The average molecular weight is 303 g/mol. The molecular weight excluding hydrogens is 286 g/mol. The van der Waals surface area contributed by atoms with Crippen molar-refractivity contribution in [3.63, 3.8) is 0 Å². The zero-order valence-electron chi connectivity index (χ0n) is 12.4. The summed E-state index contributed by atoms with van der Waals surface area (Å²) < 4.78 is 5.00. The highest BCUT2D eigenvalue weighted by Gasteiger charge is 2.30. The number of carboxylic acid groups (broad SMARTS) is 1. The number of nitrogens with one attached hydrogen (secondary N) is 1. The van der Waals surface area contributed by atoms with Crippen LogP contribution in [-0.2, 0) is 9.53 Å². The lowest BCUT2D eigenvalue weighted by atomic mass is 9.98. The van der Waals surface area contributed by atoms with Crippen LogP contribution in [0.3, 0.4) is 0 Å². The molecule has 2 N–H and O–H groups in total. The number of methoxy groups -OCH3 is 1. The molecule has 0 spiro atoms. The smallest absolute Gasteiger partial charge is 0.305 e. The number of fused-ring (bicyclic) bond motifs is 1. The fourth-order valence-electron chi connectivity index (χ4n) is 2.19. The maximum absolute atomic E-state index is 12.3. The molecule has 22 heavy (non-hydrogen) atoms. The molecule has 0 fully saturated rings. The average Bonchev–Trinajstić information content (AvgIpc) is 2.45. The van der Waals surface area contributed by atoms with Crippen molar-refractivity contribution in [1.82, 2.24) is 15.3 Å². The number of hydrogen-bond acceptors (Lipinski definition) is 5. The number of carboxylic acids is 1. The Morgan fingerprint density at radius 1 is 1.32 bits per heavy atom. The van der Waals surface area contributed by atoms with Gasteiger partial charge in [0.05, 0.1) is 35.8 Å². The number of benzene rings is 1. The first-order chi connectivity index (χ1) is 10.4. The van der Waals surface area contributed by atoms with E-state index in [0.717, 1.165) is 0 Å². The van der Waals surface area contributed by atoms with Gasteiger partial charge in [0.2, 0.25) is 0 Å². The van der Waals surface area contributed by atoms with E-state index in [4.69, 9.17) is 9.84 Å². The molecule has 0 saturated heterocycles. The molecule has 2 rings (SSSR count). The molecule has 7 heteroatoms. The van der Waals surface area contributed by atoms with Crippen molar-refractivity contribution in [2.45, 2.75) is 18.9 Å². The largest absolute Gasteiger partial charge is 0.481 e. The van der Waals surface area contributed by atoms with E-state index >= 15 is 0 Å². The predicted molar refractivity (Wildman–Crippen MR) is 79.5 cm³/mol. The molecule has 0 bridgehead atoms. The summed E-state index contributed by atoms with van der Waals surface area (Å²) in [4.78, 5) is 31.7. The van der Waals surface area contributed by atoms with Gasteiger partial charge in [-0.15, -0.1) is 0 Å². The van der Waals surface area contributed by atoms with Gasteiger partial charge in [0, 0.05) is 7.11 Å². The molecule has 1 aromatic carbocycles. The molecule has 1 amide bonds. The zero-order valence-corrected chi connectivity index (χ0v) is 12.4. The topological polar surface area (TPSA) is 101 Å². The summed E-state index contributed by atoms with van der Waals surface area (Å²) >= 11 is 0. The van der Waals surface area contributed by atoms with Crippen molar-refractivity contribution in [1.29, 1.82) is 0 Å². The second kappa shape index (κ2) is 6.48. The van der Waals surface area contributed by atoms with Crippen molar-refractivity contribution >= 4 is 22.9 Å². The van der Waals surface area contributed by atoms with Crippen LogP contribution in [0.15, 0.2) is 30.5 Å². The fourth-order valence-corrected chi connectivity index (χ4v) is 2.19. The number of aromatic nitrogens is 2. The third-order valence-corrected chi connectivity index (χ3v) is 3.10. The Balaban J connectivity index is 2.22. The van der Waals surface area contributed by atoms with Gasteiger partial charge in [-0.1, -0.05) is 12.1 Å². The molecule has 7 nitrogen and oxygen atoms in total. The maximum Gasteiger partial charge on any atom is 0.305 e. The van der Waals surface area contributed by atoms with Gasteiger partial charge in [-0.05, 0) is 19.1 Å². The lowest BCUT2D eigenvalue weighted by Crippen LogP contribution is -2.51. The van der Waals surface area contributed by atoms with E-state index in [1.54, 1.807) is 25.1 Å². The van der Waals surface area contributed by atoms with E-state index in [1.807, 2.05) is 6.07 Å².